The summed E-state index contributed by atoms with van der Waals surface area (Å²) < 4.78 is 17.4. The van der Waals surface area contributed by atoms with Gasteiger partial charge in [0.15, 0.2) is 12.4 Å². The van der Waals surface area contributed by atoms with Gasteiger partial charge in [-0.3, -0.25) is 4.79 Å². The summed E-state index contributed by atoms with van der Waals surface area (Å²) in [6, 6.07) is 2.75. The highest BCUT2D eigenvalue weighted by Gasteiger charge is 1.96. The van der Waals surface area contributed by atoms with Gasteiger partial charge in [0.25, 0.3) is 0 Å². The number of nitrogens with zero attached hydrogens (tertiary/aromatic N) is 1. The first kappa shape index (κ1) is 18.5. The SMILES string of the molecule is CC.CC.CC(=O)OCC#Cc1ncccc1F. The molecule has 0 spiro atoms. The summed E-state index contributed by atoms with van der Waals surface area (Å²) in [6.07, 6.45) is 1.44. The lowest BCUT2D eigenvalue weighted by atomic mass is 10.3. The first-order valence-electron chi connectivity index (χ1n) is 5.93. The van der Waals surface area contributed by atoms with Crippen LogP contribution < -0.4 is 0 Å². The molecule has 1 heterocycles. The molecule has 0 saturated heterocycles. The summed E-state index contributed by atoms with van der Waals surface area (Å²) in [7, 11) is 0. The number of carbonyl (C=O) groups excluding carboxylic acids is 1. The Kier molecular flexibility index (Phi) is 13.5. The van der Waals surface area contributed by atoms with Gasteiger partial charge in [-0.25, -0.2) is 9.37 Å². The maximum absolute atomic E-state index is 12.9. The molecule has 100 valence electrons. The fourth-order valence-corrected chi connectivity index (χ4v) is 0.735. The molecule has 0 aliphatic carbocycles. The van der Waals surface area contributed by atoms with Gasteiger partial charge in [-0.15, -0.1) is 0 Å². The van der Waals surface area contributed by atoms with Gasteiger partial charge >= 0.3 is 5.97 Å². The van der Waals surface area contributed by atoms with Crippen LogP contribution in [0.2, 0.25) is 0 Å². The quantitative estimate of drug-likeness (QED) is 0.570. The fraction of sp³-hybridized carbons (Fsp3) is 0.429. The number of hydrogen-bond acceptors (Lipinski definition) is 3. The summed E-state index contributed by atoms with van der Waals surface area (Å²) in [5.74, 6) is 4.03. The second-order valence-corrected chi connectivity index (χ2v) is 2.42. The predicted molar refractivity (Wildman–Crippen MR) is 70.4 cm³/mol. The number of carbonyl (C=O) groups is 1. The minimum atomic E-state index is -0.483. The van der Waals surface area contributed by atoms with Crippen LogP contribution in [0.4, 0.5) is 4.39 Å². The van der Waals surface area contributed by atoms with Crippen molar-refractivity contribution >= 4 is 5.97 Å². The summed E-state index contributed by atoms with van der Waals surface area (Å²) in [5, 5.41) is 0. The minimum Gasteiger partial charge on any atom is -0.453 e. The van der Waals surface area contributed by atoms with Gasteiger partial charge in [-0.2, -0.15) is 0 Å². The van der Waals surface area contributed by atoms with Gasteiger partial charge in [-0.1, -0.05) is 33.6 Å². The first-order valence-corrected chi connectivity index (χ1v) is 5.93. The minimum absolute atomic E-state index is 0.0503. The van der Waals surface area contributed by atoms with Gasteiger partial charge in [-0.05, 0) is 18.1 Å². The third-order valence-corrected chi connectivity index (χ3v) is 1.31. The molecule has 18 heavy (non-hydrogen) atoms. The number of ether oxygens (including phenoxy) is 1. The zero-order valence-electron chi connectivity index (χ0n) is 11.6. The Balaban J connectivity index is 0. The standard InChI is InChI=1S/C10H8FNO2.2C2H6/c1-8(13)14-7-3-5-10-9(11)4-2-6-12-10;2*1-2/h2,4,6H,7H2,1H3;2*1-2H3. The normalized spacial score (nSPS) is 7.44. The molecule has 0 N–H and O–H groups in total. The van der Waals surface area contributed by atoms with E-state index < -0.39 is 11.8 Å². The lowest BCUT2D eigenvalue weighted by Gasteiger charge is -1.92. The van der Waals surface area contributed by atoms with E-state index in [2.05, 4.69) is 21.6 Å². The summed E-state index contributed by atoms with van der Waals surface area (Å²) in [5.41, 5.74) is 0.0552. The maximum Gasteiger partial charge on any atom is 0.303 e. The molecular formula is C14H20FNO2. The molecule has 0 radical (unpaired) electrons. The van der Waals surface area contributed by atoms with E-state index in [0.717, 1.165) is 0 Å². The lowest BCUT2D eigenvalue weighted by molar-refractivity contribution is -0.139. The highest BCUT2D eigenvalue weighted by atomic mass is 19.1. The molecule has 1 rings (SSSR count). The van der Waals surface area contributed by atoms with E-state index in [1.807, 2.05) is 27.7 Å². The van der Waals surface area contributed by atoms with Crippen molar-refractivity contribution in [2.75, 3.05) is 6.61 Å². The average Bonchev–Trinajstić information content (AvgIpc) is 2.41. The third kappa shape index (κ3) is 9.34. The van der Waals surface area contributed by atoms with Crippen LogP contribution in [0.25, 0.3) is 0 Å². The number of pyridine rings is 1. The summed E-state index contributed by atoms with van der Waals surface area (Å²) >= 11 is 0. The van der Waals surface area contributed by atoms with Crippen LogP contribution in [0.5, 0.6) is 0 Å². The van der Waals surface area contributed by atoms with Crippen molar-refractivity contribution in [3.63, 3.8) is 0 Å². The topological polar surface area (TPSA) is 39.2 Å². The van der Waals surface area contributed by atoms with Crippen molar-refractivity contribution in [3.8, 4) is 11.8 Å². The van der Waals surface area contributed by atoms with Gasteiger partial charge in [0, 0.05) is 13.1 Å². The van der Waals surface area contributed by atoms with Gasteiger partial charge < -0.3 is 4.74 Å². The largest absolute Gasteiger partial charge is 0.453 e. The molecule has 0 saturated carbocycles. The second kappa shape index (κ2) is 13.2. The fourth-order valence-electron chi connectivity index (χ4n) is 0.735. The number of esters is 1. The van der Waals surface area contributed by atoms with Crippen molar-refractivity contribution in [3.05, 3.63) is 29.8 Å². The van der Waals surface area contributed by atoms with E-state index in [-0.39, 0.29) is 12.3 Å². The molecule has 0 bridgehead atoms. The van der Waals surface area contributed by atoms with E-state index in [4.69, 9.17) is 0 Å². The zero-order valence-corrected chi connectivity index (χ0v) is 11.6. The highest BCUT2D eigenvalue weighted by Crippen LogP contribution is 1.99. The van der Waals surface area contributed by atoms with Crippen LogP contribution in [0.1, 0.15) is 40.3 Å². The van der Waals surface area contributed by atoms with Crippen molar-refractivity contribution in [2.45, 2.75) is 34.6 Å². The molecular weight excluding hydrogens is 233 g/mol. The molecule has 3 nitrogen and oxygen atoms in total. The van der Waals surface area contributed by atoms with Gasteiger partial charge in [0.1, 0.15) is 5.69 Å². The summed E-state index contributed by atoms with van der Waals surface area (Å²) in [4.78, 5) is 14.0. The van der Waals surface area contributed by atoms with Crippen molar-refractivity contribution in [2.24, 2.45) is 0 Å². The molecule has 1 aromatic rings. The van der Waals surface area contributed by atoms with Crippen LogP contribution in [0.3, 0.4) is 0 Å². The molecule has 0 aliphatic heterocycles. The molecule has 0 atom stereocenters. The van der Waals surface area contributed by atoms with Gasteiger partial charge in [0.05, 0.1) is 0 Å². The molecule has 0 unspecified atom stereocenters. The molecule has 1 aromatic heterocycles. The van der Waals surface area contributed by atoms with Crippen molar-refractivity contribution in [1.29, 1.82) is 0 Å². The number of halogens is 1. The Morgan fingerprint density at radius 1 is 1.39 bits per heavy atom. The Hall–Kier alpha value is -1.89. The van der Waals surface area contributed by atoms with Crippen LogP contribution in [-0.2, 0) is 9.53 Å². The Morgan fingerprint density at radius 3 is 2.50 bits per heavy atom. The molecule has 4 heteroatoms. The van der Waals surface area contributed by atoms with Crippen LogP contribution in [0.15, 0.2) is 18.3 Å². The van der Waals surface area contributed by atoms with Crippen LogP contribution in [0, 0.1) is 17.7 Å². The number of aromatic nitrogens is 1. The van der Waals surface area contributed by atoms with E-state index >= 15 is 0 Å². The Labute approximate surface area is 108 Å². The van der Waals surface area contributed by atoms with E-state index in [1.165, 1.54) is 25.3 Å². The molecule has 0 aliphatic rings. The Morgan fingerprint density at radius 2 is 2.00 bits per heavy atom. The number of hydrogen-bond donors (Lipinski definition) is 0. The van der Waals surface area contributed by atoms with Crippen molar-refractivity contribution < 1.29 is 13.9 Å². The van der Waals surface area contributed by atoms with Crippen molar-refractivity contribution in [1.82, 2.24) is 4.98 Å². The van der Waals surface area contributed by atoms with Crippen LogP contribution >= 0.6 is 0 Å². The third-order valence-electron chi connectivity index (χ3n) is 1.31. The van der Waals surface area contributed by atoms with E-state index in [0.29, 0.717) is 0 Å². The van der Waals surface area contributed by atoms with E-state index in [1.54, 1.807) is 0 Å². The van der Waals surface area contributed by atoms with E-state index in [9.17, 15) is 9.18 Å². The predicted octanol–water partition coefficient (Wildman–Crippen LogP) is 3.19. The smallest absolute Gasteiger partial charge is 0.303 e. The zero-order chi connectivity index (χ0) is 14.4. The highest BCUT2D eigenvalue weighted by molar-refractivity contribution is 5.66. The second-order valence-electron chi connectivity index (χ2n) is 2.42. The lowest BCUT2D eigenvalue weighted by Crippen LogP contribution is -1.98. The monoisotopic (exact) mass is 253 g/mol. The molecule has 0 amide bonds. The summed E-state index contributed by atoms with van der Waals surface area (Å²) in [6.45, 7) is 9.23. The van der Waals surface area contributed by atoms with Crippen LogP contribution in [-0.4, -0.2) is 17.6 Å². The first-order chi connectivity index (χ1) is 8.70. The van der Waals surface area contributed by atoms with Gasteiger partial charge in [0.2, 0.25) is 0 Å². The average molecular weight is 253 g/mol. The molecule has 0 fully saturated rings. The maximum atomic E-state index is 12.9. The molecule has 0 aromatic carbocycles. The Bertz CT molecular complexity index is 394. The number of rotatable bonds is 1.